The van der Waals surface area contributed by atoms with Crippen LogP contribution >= 0.6 is 0 Å². The fourth-order valence-electron chi connectivity index (χ4n) is 2.87. The van der Waals surface area contributed by atoms with E-state index < -0.39 is 6.04 Å². The highest BCUT2D eigenvalue weighted by atomic mass is 16.5. The quantitative estimate of drug-likeness (QED) is 0.863. The molecule has 3 nitrogen and oxygen atoms in total. The van der Waals surface area contributed by atoms with E-state index in [1.807, 2.05) is 13.0 Å². The largest absolute Gasteiger partial charge is 0.461 e. The minimum Gasteiger partial charge on any atom is -0.461 e. The second-order valence-corrected chi connectivity index (χ2v) is 5.82. The molecule has 1 aliphatic heterocycles. The van der Waals surface area contributed by atoms with E-state index in [9.17, 15) is 4.79 Å². The van der Waals surface area contributed by atoms with Gasteiger partial charge in [-0.05, 0) is 44.1 Å². The Morgan fingerprint density at radius 3 is 2.65 bits per heavy atom. The molecule has 0 aromatic heterocycles. The van der Waals surface area contributed by atoms with Crippen molar-refractivity contribution < 1.29 is 9.53 Å². The van der Waals surface area contributed by atoms with Crippen LogP contribution in [0.2, 0.25) is 0 Å². The smallest absolute Gasteiger partial charge is 0.323 e. The first kappa shape index (κ1) is 15.0. The van der Waals surface area contributed by atoms with Crippen molar-refractivity contribution in [1.29, 1.82) is 0 Å². The fourth-order valence-corrected chi connectivity index (χ4v) is 2.87. The van der Waals surface area contributed by atoms with Gasteiger partial charge in [-0.1, -0.05) is 43.2 Å². The highest BCUT2D eigenvalue weighted by Gasteiger charge is 2.25. The van der Waals surface area contributed by atoms with E-state index in [0.717, 1.165) is 38.5 Å². The van der Waals surface area contributed by atoms with Gasteiger partial charge in [0.2, 0.25) is 0 Å². The standard InChI is InChI=1S/C17H25NO2/c1-13-15(12-11-14-7-3-2-4-8-14)9-5-6-10-16(18)17(19)20-13/h2-4,7-8,13,15-16H,5-6,9-12,18H2,1H3/t13-,15-,16-/m0/s1. The minimum absolute atomic E-state index is 0.0321. The molecule has 1 aromatic rings. The summed E-state index contributed by atoms with van der Waals surface area (Å²) in [6, 6.07) is 10.0. The maximum absolute atomic E-state index is 11.8. The first-order chi connectivity index (χ1) is 9.66. The molecule has 1 heterocycles. The van der Waals surface area contributed by atoms with Crippen molar-refractivity contribution >= 4 is 5.97 Å². The highest BCUT2D eigenvalue weighted by molar-refractivity contribution is 5.75. The van der Waals surface area contributed by atoms with Gasteiger partial charge in [0.25, 0.3) is 0 Å². The molecule has 110 valence electrons. The second kappa shape index (κ2) is 7.44. The molecule has 20 heavy (non-hydrogen) atoms. The van der Waals surface area contributed by atoms with E-state index >= 15 is 0 Å². The van der Waals surface area contributed by atoms with Crippen molar-refractivity contribution in [2.75, 3.05) is 0 Å². The van der Waals surface area contributed by atoms with Crippen LogP contribution in [0.15, 0.2) is 30.3 Å². The van der Waals surface area contributed by atoms with Gasteiger partial charge in [0.15, 0.2) is 0 Å². The number of benzene rings is 1. The maximum Gasteiger partial charge on any atom is 0.323 e. The molecule has 0 aliphatic carbocycles. The van der Waals surface area contributed by atoms with Gasteiger partial charge in [-0.25, -0.2) is 0 Å². The van der Waals surface area contributed by atoms with Crippen molar-refractivity contribution in [3.05, 3.63) is 35.9 Å². The Kier molecular flexibility index (Phi) is 5.60. The zero-order valence-electron chi connectivity index (χ0n) is 12.3. The number of carbonyl (C=O) groups is 1. The molecule has 0 amide bonds. The third kappa shape index (κ3) is 4.34. The summed E-state index contributed by atoms with van der Waals surface area (Å²) in [6.07, 6.45) is 6.09. The molecule has 3 atom stereocenters. The molecule has 0 radical (unpaired) electrons. The molecule has 0 spiro atoms. The molecule has 1 fully saturated rings. The summed E-state index contributed by atoms with van der Waals surface area (Å²) in [5, 5.41) is 0. The van der Waals surface area contributed by atoms with Crippen LogP contribution in [0.1, 0.15) is 44.6 Å². The number of aryl methyl sites for hydroxylation is 1. The lowest BCUT2D eigenvalue weighted by molar-refractivity contribution is -0.152. The number of rotatable bonds is 3. The minimum atomic E-state index is -0.440. The number of cyclic esters (lactones) is 1. The Bertz CT molecular complexity index is 418. The van der Waals surface area contributed by atoms with E-state index in [1.165, 1.54) is 5.56 Å². The maximum atomic E-state index is 11.8. The van der Waals surface area contributed by atoms with Gasteiger partial charge in [-0.15, -0.1) is 0 Å². The monoisotopic (exact) mass is 275 g/mol. The Balaban J connectivity index is 1.92. The first-order valence-corrected chi connectivity index (χ1v) is 7.67. The van der Waals surface area contributed by atoms with Crippen LogP contribution in [0.3, 0.4) is 0 Å². The Morgan fingerprint density at radius 2 is 1.90 bits per heavy atom. The van der Waals surface area contributed by atoms with Crippen LogP contribution in [-0.4, -0.2) is 18.1 Å². The van der Waals surface area contributed by atoms with Gasteiger partial charge < -0.3 is 10.5 Å². The molecule has 0 saturated carbocycles. The van der Waals surface area contributed by atoms with Crippen LogP contribution in [0.5, 0.6) is 0 Å². The predicted molar refractivity (Wildman–Crippen MR) is 80.3 cm³/mol. The van der Waals surface area contributed by atoms with Crippen LogP contribution in [0, 0.1) is 5.92 Å². The lowest BCUT2D eigenvalue weighted by Crippen LogP contribution is -2.35. The van der Waals surface area contributed by atoms with Crippen molar-refractivity contribution in [3.8, 4) is 0 Å². The average molecular weight is 275 g/mol. The number of ether oxygens (including phenoxy) is 1. The zero-order valence-corrected chi connectivity index (χ0v) is 12.3. The Labute approximate surface area is 121 Å². The van der Waals surface area contributed by atoms with Gasteiger partial charge in [0, 0.05) is 0 Å². The highest BCUT2D eigenvalue weighted by Crippen LogP contribution is 2.24. The molecule has 2 N–H and O–H groups in total. The van der Waals surface area contributed by atoms with Crippen LogP contribution in [0.25, 0.3) is 0 Å². The van der Waals surface area contributed by atoms with Gasteiger partial charge >= 0.3 is 5.97 Å². The van der Waals surface area contributed by atoms with Gasteiger partial charge in [0.1, 0.15) is 12.1 Å². The van der Waals surface area contributed by atoms with E-state index in [4.69, 9.17) is 10.5 Å². The summed E-state index contributed by atoms with van der Waals surface area (Å²) in [7, 11) is 0. The topological polar surface area (TPSA) is 52.3 Å². The lowest BCUT2D eigenvalue weighted by Gasteiger charge is -2.23. The Morgan fingerprint density at radius 1 is 1.20 bits per heavy atom. The van der Waals surface area contributed by atoms with E-state index in [-0.39, 0.29) is 12.1 Å². The summed E-state index contributed by atoms with van der Waals surface area (Å²) >= 11 is 0. The summed E-state index contributed by atoms with van der Waals surface area (Å²) < 4.78 is 5.52. The van der Waals surface area contributed by atoms with Crippen LogP contribution in [0.4, 0.5) is 0 Å². The molecule has 0 bridgehead atoms. The lowest BCUT2D eigenvalue weighted by atomic mass is 9.90. The van der Waals surface area contributed by atoms with Crippen molar-refractivity contribution in [1.82, 2.24) is 0 Å². The summed E-state index contributed by atoms with van der Waals surface area (Å²) in [5.41, 5.74) is 7.16. The summed E-state index contributed by atoms with van der Waals surface area (Å²) in [6.45, 7) is 2.01. The van der Waals surface area contributed by atoms with Crippen molar-refractivity contribution in [2.45, 2.75) is 57.6 Å². The predicted octanol–water partition coefficient (Wildman–Crippen LogP) is 3.07. The number of esters is 1. The number of nitrogens with two attached hydrogens (primary N) is 1. The molecular weight excluding hydrogens is 250 g/mol. The van der Waals surface area contributed by atoms with Crippen LogP contribution < -0.4 is 5.73 Å². The second-order valence-electron chi connectivity index (χ2n) is 5.82. The third-order valence-electron chi connectivity index (χ3n) is 4.26. The van der Waals surface area contributed by atoms with Crippen molar-refractivity contribution in [3.63, 3.8) is 0 Å². The van der Waals surface area contributed by atoms with E-state index in [2.05, 4.69) is 24.3 Å². The van der Waals surface area contributed by atoms with Crippen LogP contribution in [-0.2, 0) is 16.0 Å². The van der Waals surface area contributed by atoms with E-state index in [0.29, 0.717) is 5.92 Å². The Hall–Kier alpha value is -1.35. The number of carbonyl (C=O) groups excluding carboxylic acids is 1. The van der Waals surface area contributed by atoms with Gasteiger partial charge in [-0.2, -0.15) is 0 Å². The third-order valence-corrected chi connectivity index (χ3v) is 4.26. The average Bonchev–Trinajstić information content (AvgIpc) is 2.51. The molecule has 2 rings (SSSR count). The van der Waals surface area contributed by atoms with Gasteiger partial charge in [-0.3, -0.25) is 4.79 Å². The molecule has 1 saturated heterocycles. The first-order valence-electron chi connectivity index (χ1n) is 7.67. The SMILES string of the molecule is C[C@@H]1OC(=O)[C@@H](N)CCCC[C@H]1CCc1ccccc1. The molecule has 3 heteroatoms. The fraction of sp³-hybridized carbons (Fsp3) is 0.588. The summed E-state index contributed by atoms with van der Waals surface area (Å²) in [4.78, 5) is 11.8. The van der Waals surface area contributed by atoms with Gasteiger partial charge in [0.05, 0.1) is 0 Å². The number of hydrogen-bond donors (Lipinski definition) is 1. The molecular formula is C17H25NO2. The molecule has 1 aliphatic rings. The van der Waals surface area contributed by atoms with Crippen molar-refractivity contribution in [2.24, 2.45) is 11.7 Å². The van der Waals surface area contributed by atoms with E-state index in [1.54, 1.807) is 0 Å². The molecule has 0 unspecified atom stereocenters. The zero-order chi connectivity index (χ0) is 14.4. The molecule has 1 aromatic carbocycles. The summed E-state index contributed by atoms with van der Waals surface area (Å²) in [5.74, 6) is 0.202. The number of hydrogen-bond acceptors (Lipinski definition) is 3. The normalized spacial score (nSPS) is 28.1.